The Balaban J connectivity index is 1.57. The van der Waals surface area contributed by atoms with Crippen molar-refractivity contribution in [3.05, 3.63) is 35.8 Å². The molecule has 6 heteroatoms. The molecule has 0 bridgehead atoms. The zero-order valence-electron chi connectivity index (χ0n) is 13.5. The minimum atomic E-state index is -0.142. The van der Waals surface area contributed by atoms with Crippen LogP contribution < -0.4 is 10.6 Å². The molecule has 0 radical (unpaired) electrons. The molecule has 1 aliphatic heterocycles. The molecule has 1 saturated heterocycles. The fourth-order valence-corrected chi connectivity index (χ4v) is 3.46. The molecule has 122 valence electrons. The third kappa shape index (κ3) is 4.09. The first-order valence-corrected chi connectivity index (χ1v) is 8.81. The molecule has 2 N–H and O–H groups in total. The number of nitrogens with zero attached hydrogens (tertiary/aromatic N) is 2. The number of likely N-dealkylation sites (tertiary alicyclic amines) is 1. The lowest BCUT2D eigenvalue weighted by atomic mass is 10.2. The van der Waals surface area contributed by atoms with Crippen LogP contribution in [0.3, 0.4) is 0 Å². The van der Waals surface area contributed by atoms with Gasteiger partial charge in [0, 0.05) is 48.0 Å². The summed E-state index contributed by atoms with van der Waals surface area (Å²) in [5.41, 5.74) is 1.80. The molecule has 1 aromatic carbocycles. The standard InChI is InChI=1S/C17H22N4OS/c1-12(2)21-8-6-15(11-21)20-17(22)19-14-5-3-4-13(10-14)16-18-7-9-23-16/h3-5,7,9-10,12,15H,6,8,11H2,1-2H3,(H2,19,20,22)/t15-/m1/s1. The average Bonchev–Trinajstić information content (AvgIpc) is 3.18. The third-order valence-corrected chi connectivity index (χ3v) is 4.91. The van der Waals surface area contributed by atoms with Crippen molar-refractivity contribution in [3.63, 3.8) is 0 Å². The first-order chi connectivity index (χ1) is 11.1. The van der Waals surface area contributed by atoms with Crippen LogP contribution in [0.1, 0.15) is 20.3 Å². The summed E-state index contributed by atoms with van der Waals surface area (Å²) in [6, 6.07) is 8.39. The van der Waals surface area contributed by atoms with E-state index in [1.807, 2.05) is 29.6 Å². The number of carbonyl (C=O) groups excluding carboxylic acids is 1. The fraction of sp³-hybridized carbons (Fsp3) is 0.412. The number of carbonyl (C=O) groups is 1. The number of nitrogens with one attached hydrogen (secondary N) is 2. The summed E-state index contributed by atoms with van der Waals surface area (Å²) in [7, 11) is 0. The van der Waals surface area contributed by atoms with Crippen LogP contribution in [0.5, 0.6) is 0 Å². The molecule has 2 amide bonds. The van der Waals surface area contributed by atoms with Gasteiger partial charge in [0.15, 0.2) is 0 Å². The van der Waals surface area contributed by atoms with Crippen molar-refractivity contribution in [2.75, 3.05) is 18.4 Å². The normalized spacial score (nSPS) is 18.3. The second kappa shape index (κ2) is 7.10. The number of hydrogen-bond acceptors (Lipinski definition) is 4. The monoisotopic (exact) mass is 330 g/mol. The van der Waals surface area contributed by atoms with Crippen LogP contribution in [0.2, 0.25) is 0 Å². The van der Waals surface area contributed by atoms with Crippen molar-refractivity contribution in [1.29, 1.82) is 0 Å². The highest BCUT2D eigenvalue weighted by Gasteiger charge is 2.25. The number of anilines is 1. The summed E-state index contributed by atoms with van der Waals surface area (Å²) >= 11 is 1.59. The van der Waals surface area contributed by atoms with Crippen LogP contribution in [-0.4, -0.2) is 41.1 Å². The van der Waals surface area contributed by atoms with Crippen LogP contribution in [0.15, 0.2) is 35.8 Å². The van der Waals surface area contributed by atoms with Crippen molar-refractivity contribution in [3.8, 4) is 10.6 Å². The lowest BCUT2D eigenvalue weighted by molar-refractivity contribution is 0.244. The van der Waals surface area contributed by atoms with Gasteiger partial charge in [-0.05, 0) is 32.4 Å². The average molecular weight is 330 g/mol. The number of urea groups is 1. The van der Waals surface area contributed by atoms with Crippen molar-refractivity contribution >= 4 is 23.1 Å². The molecule has 1 atom stereocenters. The van der Waals surface area contributed by atoms with Gasteiger partial charge in [0.05, 0.1) is 0 Å². The molecule has 5 nitrogen and oxygen atoms in total. The Kier molecular flexibility index (Phi) is 4.93. The fourth-order valence-electron chi connectivity index (χ4n) is 2.82. The Morgan fingerprint density at radius 3 is 3.00 bits per heavy atom. The van der Waals surface area contributed by atoms with E-state index in [1.165, 1.54) is 0 Å². The van der Waals surface area contributed by atoms with E-state index >= 15 is 0 Å². The lowest BCUT2D eigenvalue weighted by Crippen LogP contribution is -2.40. The van der Waals surface area contributed by atoms with E-state index in [9.17, 15) is 4.79 Å². The van der Waals surface area contributed by atoms with Gasteiger partial charge < -0.3 is 10.6 Å². The summed E-state index contributed by atoms with van der Waals surface area (Å²) in [4.78, 5) is 18.9. The van der Waals surface area contributed by atoms with E-state index in [-0.39, 0.29) is 12.1 Å². The molecule has 1 aromatic heterocycles. The smallest absolute Gasteiger partial charge is 0.319 e. The van der Waals surface area contributed by atoms with Crippen molar-refractivity contribution in [1.82, 2.24) is 15.2 Å². The molecular weight excluding hydrogens is 308 g/mol. The summed E-state index contributed by atoms with van der Waals surface area (Å²) in [6.07, 6.45) is 2.79. The topological polar surface area (TPSA) is 57.3 Å². The first-order valence-electron chi connectivity index (χ1n) is 7.93. The van der Waals surface area contributed by atoms with Crippen LogP contribution in [-0.2, 0) is 0 Å². The zero-order valence-corrected chi connectivity index (χ0v) is 14.3. The van der Waals surface area contributed by atoms with Gasteiger partial charge in [-0.15, -0.1) is 11.3 Å². The van der Waals surface area contributed by atoms with Crippen LogP contribution in [0.4, 0.5) is 10.5 Å². The highest BCUT2D eigenvalue weighted by atomic mass is 32.1. The first kappa shape index (κ1) is 16.0. The van der Waals surface area contributed by atoms with Crippen molar-refractivity contribution in [2.45, 2.75) is 32.4 Å². The maximum absolute atomic E-state index is 12.2. The number of rotatable bonds is 4. The van der Waals surface area contributed by atoms with Gasteiger partial charge in [-0.1, -0.05) is 12.1 Å². The molecule has 2 heterocycles. The predicted octanol–water partition coefficient (Wildman–Crippen LogP) is 3.41. The molecule has 0 spiro atoms. The summed E-state index contributed by atoms with van der Waals surface area (Å²) in [6.45, 7) is 6.34. The Bertz CT molecular complexity index is 656. The zero-order chi connectivity index (χ0) is 16.2. The summed E-state index contributed by atoms with van der Waals surface area (Å²) < 4.78 is 0. The molecule has 1 aliphatic rings. The number of thiazole rings is 1. The third-order valence-electron chi connectivity index (χ3n) is 4.08. The van der Waals surface area contributed by atoms with E-state index in [0.717, 1.165) is 35.8 Å². The largest absolute Gasteiger partial charge is 0.334 e. The highest BCUT2D eigenvalue weighted by Crippen LogP contribution is 2.24. The quantitative estimate of drug-likeness (QED) is 0.903. The molecule has 0 saturated carbocycles. The van der Waals surface area contributed by atoms with E-state index in [2.05, 4.69) is 34.4 Å². The van der Waals surface area contributed by atoms with Crippen LogP contribution in [0.25, 0.3) is 10.6 Å². The van der Waals surface area contributed by atoms with Gasteiger partial charge in [0.25, 0.3) is 0 Å². The number of aromatic nitrogens is 1. The van der Waals surface area contributed by atoms with Crippen molar-refractivity contribution < 1.29 is 4.79 Å². The van der Waals surface area contributed by atoms with Gasteiger partial charge in [0.1, 0.15) is 5.01 Å². The van der Waals surface area contributed by atoms with E-state index < -0.39 is 0 Å². The Morgan fingerprint density at radius 1 is 1.43 bits per heavy atom. The number of hydrogen-bond donors (Lipinski definition) is 2. The second-order valence-corrected chi connectivity index (χ2v) is 6.99. The second-order valence-electron chi connectivity index (χ2n) is 6.09. The minimum Gasteiger partial charge on any atom is -0.334 e. The molecule has 2 aromatic rings. The lowest BCUT2D eigenvalue weighted by Gasteiger charge is -2.20. The maximum Gasteiger partial charge on any atom is 0.319 e. The Hall–Kier alpha value is -1.92. The minimum absolute atomic E-state index is 0.142. The van der Waals surface area contributed by atoms with E-state index in [1.54, 1.807) is 17.5 Å². The Labute approximate surface area is 140 Å². The van der Waals surface area contributed by atoms with E-state index in [4.69, 9.17) is 0 Å². The molecular formula is C17H22N4OS. The highest BCUT2D eigenvalue weighted by molar-refractivity contribution is 7.13. The predicted molar refractivity (Wildman–Crippen MR) is 94.8 cm³/mol. The van der Waals surface area contributed by atoms with Gasteiger partial charge in [0.2, 0.25) is 0 Å². The molecule has 3 rings (SSSR count). The SMILES string of the molecule is CC(C)N1CC[C@@H](NC(=O)Nc2cccc(-c3nccs3)c2)C1. The van der Waals surface area contributed by atoms with E-state index in [0.29, 0.717) is 6.04 Å². The van der Waals surface area contributed by atoms with Crippen molar-refractivity contribution in [2.24, 2.45) is 0 Å². The number of benzene rings is 1. The van der Waals surface area contributed by atoms with Gasteiger partial charge in [-0.2, -0.15) is 0 Å². The molecule has 0 aliphatic carbocycles. The number of amides is 2. The maximum atomic E-state index is 12.2. The summed E-state index contributed by atoms with van der Waals surface area (Å²) in [5, 5.41) is 8.89. The molecule has 23 heavy (non-hydrogen) atoms. The summed E-state index contributed by atoms with van der Waals surface area (Å²) in [5.74, 6) is 0. The van der Waals surface area contributed by atoms with Crippen LogP contribution >= 0.6 is 11.3 Å². The molecule has 1 fully saturated rings. The Morgan fingerprint density at radius 2 is 2.30 bits per heavy atom. The van der Waals surface area contributed by atoms with Gasteiger partial charge in [-0.3, -0.25) is 4.90 Å². The molecule has 0 unspecified atom stereocenters. The van der Waals surface area contributed by atoms with Gasteiger partial charge in [-0.25, -0.2) is 9.78 Å². The van der Waals surface area contributed by atoms with Gasteiger partial charge >= 0.3 is 6.03 Å². The van der Waals surface area contributed by atoms with Crippen LogP contribution in [0, 0.1) is 0 Å².